The maximum Gasteiger partial charge on any atom is 0.235 e. The first-order chi connectivity index (χ1) is 14.2. The highest BCUT2D eigenvalue weighted by Crippen LogP contribution is 2.49. The van der Waals surface area contributed by atoms with Gasteiger partial charge in [0.05, 0.1) is 5.41 Å². The molecule has 2 aromatic carbocycles. The first-order valence-corrected chi connectivity index (χ1v) is 11.1. The van der Waals surface area contributed by atoms with E-state index in [0.29, 0.717) is 0 Å². The molecule has 1 aliphatic heterocycles. The molecule has 6 heteroatoms. The molecular weight excluding hydrogens is 428 g/mol. The Kier molecular flexibility index (Phi) is 4.74. The SMILES string of the molecule is O=C(Nc1cccc(-c2nnc3n2CCCCC3)c1)C1(c2ccc(Br)cc2)CC1. The number of benzene rings is 2. The predicted molar refractivity (Wildman–Crippen MR) is 117 cm³/mol. The number of carbonyl (C=O) groups excluding carboxylic acids is 1. The topological polar surface area (TPSA) is 59.8 Å². The average molecular weight is 451 g/mol. The van der Waals surface area contributed by atoms with Crippen LogP contribution < -0.4 is 5.32 Å². The Hall–Kier alpha value is -2.47. The third-order valence-corrected chi connectivity index (χ3v) is 6.60. The van der Waals surface area contributed by atoms with Crippen molar-refractivity contribution in [1.29, 1.82) is 0 Å². The zero-order valence-electron chi connectivity index (χ0n) is 16.2. The molecule has 1 fully saturated rings. The third-order valence-electron chi connectivity index (χ3n) is 6.07. The van der Waals surface area contributed by atoms with Gasteiger partial charge in [-0.3, -0.25) is 4.79 Å². The number of nitrogens with zero attached hydrogens (tertiary/aromatic N) is 3. The van der Waals surface area contributed by atoms with Crippen molar-refractivity contribution >= 4 is 27.5 Å². The van der Waals surface area contributed by atoms with Crippen molar-refractivity contribution in [2.45, 2.75) is 50.5 Å². The number of fused-ring (bicyclic) bond motifs is 1. The zero-order valence-corrected chi connectivity index (χ0v) is 17.8. The van der Waals surface area contributed by atoms with Crippen LogP contribution in [0.15, 0.2) is 53.0 Å². The summed E-state index contributed by atoms with van der Waals surface area (Å²) in [6.45, 7) is 0.959. The fraction of sp³-hybridized carbons (Fsp3) is 0.348. The van der Waals surface area contributed by atoms with Gasteiger partial charge < -0.3 is 9.88 Å². The van der Waals surface area contributed by atoms with Crippen LogP contribution in [0.2, 0.25) is 0 Å². The average Bonchev–Trinajstić information content (AvgIpc) is 3.49. The molecule has 2 heterocycles. The molecule has 1 aromatic heterocycles. The van der Waals surface area contributed by atoms with Gasteiger partial charge in [-0.05, 0) is 55.5 Å². The minimum Gasteiger partial charge on any atom is -0.325 e. The Balaban J connectivity index is 1.39. The molecule has 0 saturated heterocycles. The van der Waals surface area contributed by atoms with Gasteiger partial charge in [-0.15, -0.1) is 10.2 Å². The molecule has 148 valence electrons. The minimum absolute atomic E-state index is 0.0667. The van der Waals surface area contributed by atoms with Crippen molar-refractivity contribution in [1.82, 2.24) is 14.8 Å². The monoisotopic (exact) mass is 450 g/mol. The predicted octanol–water partition coefficient (Wildman–Crippen LogP) is 5.10. The summed E-state index contributed by atoms with van der Waals surface area (Å²) in [6.07, 6.45) is 6.32. The van der Waals surface area contributed by atoms with Crippen molar-refractivity contribution in [2.75, 3.05) is 5.32 Å². The van der Waals surface area contributed by atoms with Gasteiger partial charge in [0.15, 0.2) is 5.82 Å². The lowest BCUT2D eigenvalue weighted by Crippen LogP contribution is -2.27. The van der Waals surface area contributed by atoms with E-state index in [1.54, 1.807) is 0 Å². The van der Waals surface area contributed by atoms with Crippen LogP contribution in [0.25, 0.3) is 11.4 Å². The fourth-order valence-electron chi connectivity index (χ4n) is 4.23. The summed E-state index contributed by atoms with van der Waals surface area (Å²) in [4.78, 5) is 13.1. The summed E-state index contributed by atoms with van der Waals surface area (Å²) in [5, 5.41) is 12.0. The Morgan fingerprint density at radius 2 is 1.86 bits per heavy atom. The van der Waals surface area contributed by atoms with E-state index in [2.05, 4.69) is 36.0 Å². The quantitative estimate of drug-likeness (QED) is 0.600. The molecule has 1 aliphatic carbocycles. The van der Waals surface area contributed by atoms with E-state index in [9.17, 15) is 4.79 Å². The van der Waals surface area contributed by atoms with Gasteiger partial charge in [0, 0.05) is 28.7 Å². The maximum absolute atomic E-state index is 13.1. The highest BCUT2D eigenvalue weighted by molar-refractivity contribution is 9.10. The van der Waals surface area contributed by atoms with E-state index in [0.717, 1.165) is 65.2 Å². The molecular formula is C23H23BrN4O. The largest absolute Gasteiger partial charge is 0.325 e. The van der Waals surface area contributed by atoms with Gasteiger partial charge in [-0.25, -0.2) is 0 Å². The number of carbonyl (C=O) groups is 1. The van der Waals surface area contributed by atoms with Crippen molar-refractivity contribution in [3.63, 3.8) is 0 Å². The number of aromatic nitrogens is 3. The maximum atomic E-state index is 13.1. The molecule has 3 aromatic rings. The Morgan fingerprint density at radius 1 is 1.03 bits per heavy atom. The first-order valence-electron chi connectivity index (χ1n) is 10.3. The van der Waals surface area contributed by atoms with E-state index in [4.69, 9.17) is 0 Å². The Labute approximate surface area is 178 Å². The van der Waals surface area contributed by atoms with E-state index in [1.165, 1.54) is 12.8 Å². The number of anilines is 1. The Bertz CT molecular complexity index is 1050. The second kappa shape index (κ2) is 7.41. The molecule has 0 bridgehead atoms. The number of nitrogens with one attached hydrogen (secondary N) is 1. The highest BCUT2D eigenvalue weighted by Gasteiger charge is 2.51. The smallest absolute Gasteiger partial charge is 0.235 e. The van der Waals surface area contributed by atoms with Crippen molar-refractivity contribution in [3.05, 3.63) is 64.4 Å². The molecule has 0 atom stereocenters. The van der Waals surface area contributed by atoms with Crippen LogP contribution in [-0.2, 0) is 23.2 Å². The van der Waals surface area contributed by atoms with Crippen LogP contribution >= 0.6 is 15.9 Å². The highest BCUT2D eigenvalue weighted by atomic mass is 79.9. The van der Waals surface area contributed by atoms with Gasteiger partial charge in [0.1, 0.15) is 5.82 Å². The Morgan fingerprint density at radius 3 is 2.66 bits per heavy atom. The van der Waals surface area contributed by atoms with E-state index in [-0.39, 0.29) is 5.91 Å². The number of halogens is 1. The molecule has 1 saturated carbocycles. The van der Waals surface area contributed by atoms with Gasteiger partial charge in [0.2, 0.25) is 5.91 Å². The van der Waals surface area contributed by atoms with Crippen LogP contribution in [0.4, 0.5) is 5.69 Å². The number of amides is 1. The van der Waals surface area contributed by atoms with Crippen molar-refractivity contribution in [3.8, 4) is 11.4 Å². The van der Waals surface area contributed by atoms with Crippen molar-refractivity contribution < 1.29 is 4.79 Å². The first kappa shape index (κ1) is 18.6. The molecule has 2 aliphatic rings. The summed E-state index contributed by atoms with van der Waals surface area (Å²) in [7, 11) is 0. The summed E-state index contributed by atoms with van der Waals surface area (Å²) in [6, 6.07) is 16.1. The van der Waals surface area contributed by atoms with Crippen LogP contribution in [0.1, 0.15) is 43.5 Å². The lowest BCUT2D eigenvalue weighted by Gasteiger charge is -2.16. The van der Waals surface area contributed by atoms with E-state index >= 15 is 0 Å². The third kappa shape index (κ3) is 3.50. The lowest BCUT2D eigenvalue weighted by molar-refractivity contribution is -0.118. The molecule has 5 rings (SSSR count). The molecule has 29 heavy (non-hydrogen) atoms. The van der Waals surface area contributed by atoms with Gasteiger partial charge in [-0.2, -0.15) is 0 Å². The van der Waals surface area contributed by atoms with Crippen LogP contribution in [-0.4, -0.2) is 20.7 Å². The number of hydrogen-bond acceptors (Lipinski definition) is 3. The van der Waals surface area contributed by atoms with Crippen LogP contribution in [0.5, 0.6) is 0 Å². The van der Waals surface area contributed by atoms with Crippen molar-refractivity contribution in [2.24, 2.45) is 0 Å². The normalized spacial score (nSPS) is 17.3. The summed E-state index contributed by atoms with van der Waals surface area (Å²) in [5.74, 6) is 2.03. The van der Waals surface area contributed by atoms with E-state index < -0.39 is 5.41 Å². The molecule has 0 spiro atoms. The fourth-order valence-corrected chi connectivity index (χ4v) is 4.49. The number of rotatable bonds is 4. The molecule has 1 N–H and O–H groups in total. The second-order valence-electron chi connectivity index (χ2n) is 8.03. The molecule has 0 unspecified atom stereocenters. The van der Waals surface area contributed by atoms with E-state index in [1.807, 2.05) is 48.5 Å². The molecule has 1 amide bonds. The van der Waals surface area contributed by atoms with Gasteiger partial charge >= 0.3 is 0 Å². The summed E-state index contributed by atoms with van der Waals surface area (Å²) >= 11 is 3.47. The zero-order chi connectivity index (χ0) is 19.8. The lowest BCUT2D eigenvalue weighted by atomic mass is 9.95. The standard InChI is InChI=1S/C23H23BrN4O/c24-18-10-8-17(9-11-18)23(12-13-23)22(29)25-19-6-4-5-16(15-19)21-27-26-20-7-2-1-3-14-28(20)21/h4-6,8-11,15H,1-3,7,12-14H2,(H,25,29). The van der Waals surface area contributed by atoms with Gasteiger partial charge in [-0.1, -0.05) is 46.6 Å². The molecule has 0 radical (unpaired) electrons. The minimum atomic E-state index is -0.400. The second-order valence-corrected chi connectivity index (χ2v) is 8.94. The molecule has 5 nitrogen and oxygen atoms in total. The van der Waals surface area contributed by atoms with Gasteiger partial charge in [0.25, 0.3) is 0 Å². The van der Waals surface area contributed by atoms with Crippen LogP contribution in [0, 0.1) is 0 Å². The number of aryl methyl sites for hydroxylation is 1. The number of hydrogen-bond donors (Lipinski definition) is 1. The summed E-state index contributed by atoms with van der Waals surface area (Å²) in [5.41, 5.74) is 2.48. The van der Waals surface area contributed by atoms with Crippen LogP contribution in [0.3, 0.4) is 0 Å². The summed E-state index contributed by atoms with van der Waals surface area (Å²) < 4.78 is 3.26.